The van der Waals surface area contributed by atoms with Gasteiger partial charge in [0.15, 0.2) is 5.96 Å². The highest BCUT2D eigenvalue weighted by Crippen LogP contribution is 2.49. The van der Waals surface area contributed by atoms with Crippen molar-refractivity contribution in [1.29, 1.82) is 0 Å². The van der Waals surface area contributed by atoms with E-state index in [1.54, 1.807) is 7.11 Å². The Morgan fingerprint density at radius 3 is 2.52 bits per heavy atom. The highest BCUT2D eigenvalue weighted by molar-refractivity contribution is 5.79. The largest absolute Gasteiger partial charge is 0.497 e. The number of nitrogens with one attached hydrogen (secondary N) is 1. The lowest BCUT2D eigenvalue weighted by Crippen LogP contribution is -2.39. The van der Waals surface area contributed by atoms with Crippen molar-refractivity contribution in [1.82, 2.24) is 10.2 Å². The van der Waals surface area contributed by atoms with Crippen LogP contribution in [-0.4, -0.2) is 51.3 Å². The summed E-state index contributed by atoms with van der Waals surface area (Å²) in [6, 6.07) is 8.20. The zero-order valence-electron chi connectivity index (χ0n) is 16.2. The number of nitrogens with zero attached hydrogens (tertiary/aromatic N) is 2. The molecule has 1 N–H and O–H groups in total. The van der Waals surface area contributed by atoms with Crippen LogP contribution in [0.15, 0.2) is 29.3 Å². The Morgan fingerprint density at radius 2 is 1.96 bits per heavy atom. The van der Waals surface area contributed by atoms with Crippen LogP contribution in [0.3, 0.4) is 0 Å². The van der Waals surface area contributed by atoms with Crippen molar-refractivity contribution < 1.29 is 9.47 Å². The SMILES string of the molecule is CCNC(=NCC1(CCOCC)CC1)N(C)Cc1ccc(OC)cc1. The number of rotatable bonds is 10. The minimum Gasteiger partial charge on any atom is -0.497 e. The maximum atomic E-state index is 5.52. The number of methoxy groups -OCH3 is 1. The molecule has 0 bridgehead atoms. The summed E-state index contributed by atoms with van der Waals surface area (Å²) in [7, 11) is 3.78. The first-order valence-electron chi connectivity index (χ1n) is 9.32. The van der Waals surface area contributed by atoms with Crippen LogP contribution < -0.4 is 10.1 Å². The van der Waals surface area contributed by atoms with E-state index in [4.69, 9.17) is 14.5 Å². The Labute approximate surface area is 152 Å². The average molecular weight is 348 g/mol. The minimum absolute atomic E-state index is 0.372. The third kappa shape index (κ3) is 6.24. The van der Waals surface area contributed by atoms with Crippen molar-refractivity contribution in [2.45, 2.75) is 39.7 Å². The number of aliphatic imine (C=N–C) groups is 1. The van der Waals surface area contributed by atoms with E-state index in [0.29, 0.717) is 5.41 Å². The number of hydrogen-bond acceptors (Lipinski definition) is 3. The van der Waals surface area contributed by atoms with Gasteiger partial charge in [-0.15, -0.1) is 0 Å². The summed E-state index contributed by atoms with van der Waals surface area (Å²) >= 11 is 0. The lowest BCUT2D eigenvalue weighted by Gasteiger charge is -2.23. The van der Waals surface area contributed by atoms with Crippen LogP contribution in [-0.2, 0) is 11.3 Å². The summed E-state index contributed by atoms with van der Waals surface area (Å²) < 4.78 is 10.7. The van der Waals surface area contributed by atoms with Gasteiger partial charge in [0.05, 0.1) is 7.11 Å². The molecule has 5 nitrogen and oxygen atoms in total. The highest BCUT2D eigenvalue weighted by atomic mass is 16.5. The van der Waals surface area contributed by atoms with Crippen LogP contribution in [0, 0.1) is 5.41 Å². The monoisotopic (exact) mass is 347 g/mol. The summed E-state index contributed by atoms with van der Waals surface area (Å²) in [6.07, 6.45) is 3.66. The first kappa shape index (κ1) is 19.6. The van der Waals surface area contributed by atoms with E-state index in [9.17, 15) is 0 Å². The van der Waals surface area contributed by atoms with Gasteiger partial charge in [-0.1, -0.05) is 12.1 Å². The summed E-state index contributed by atoms with van der Waals surface area (Å²) in [5.74, 6) is 1.86. The molecule has 5 heteroatoms. The van der Waals surface area contributed by atoms with E-state index in [1.165, 1.54) is 18.4 Å². The molecule has 1 aromatic carbocycles. The van der Waals surface area contributed by atoms with Crippen molar-refractivity contribution in [2.75, 3.05) is 40.5 Å². The third-order valence-corrected chi connectivity index (χ3v) is 4.78. The fourth-order valence-electron chi connectivity index (χ4n) is 2.89. The topological polar surface area (TPSA) is 46.1 Å². The molecule has 1 aliphatic carbocycles. The molecule has 0 aliphatic heterocycles. The second-order valence-electron chi connectivity index (χ2n) is 6.82. The molecule has 0 heterocycles. The fraction of sp³-hybridized carbons (Fsp3) is 0.650. The van der Waals surface area contributed by atoms with Crippen LogP contribution in [0.25, 0.3) is 0 Å². The number of guanidine groups is 1. The molecular weight excluding hydrogens is 314 g/mol. The van der Waals surface area contributed by atoms with E-state index >= 15 is 0 Å². The van der Waals surface area contributed by atoms with Crippen LogP contribution in [0.5, 0.6) is 5.75 Å². The Morgan fingerprint density at radius 1 is 1.24 bits per heavy atom. The van der Waals surface area contributed by atoms with Crippen molar-refractivity contribution in [3.8, 4) is 5.75 Å². The number of benzene rings is 1. The van der Waals surface area contributed by atoms with Crippen molar-refractivity contribution in [3.05, 3.63) is 29.8 Å². The van der Waals surface area contributed by atoms with Gasteiger partial charge in [-0.25, -0.2) is 0 Å². The Balaban J connectivity index is 1.93. The summed E-state index contributed by atoms with van der Waals surface area (Å²) in [6.45, 7) is 8.39. The van der Waals surface area contributed by atoms with E-state index in [0.717, 1.165) is 51.0 Å². The summed E-state index contributed by atoms with van der Waals surface area (Å²) in [4.78, 5) is 7.09. The first-order valence-corrected chi connectivity index (χ1v) is 9.32. The third-order valence-electron chi connectivity index (χ3n) is 4.78. The molecule has 0 radical (unpaired) electrons. The molecule has 0 unspecified atom stereocenters. The Bertz CT molecular complexity index is 538. The lowest BCUT2D eigenvalue weighted by molar-refractivity contribution is 0.129. The predicted octanol–water partition coefficient (Wildman–Crippen LogP) is 3.30. The van der Waals surface area contributed by atoms with Gasteiger partial charge in [-0.2, -0.15) is 0 Å². The van der Waals surface area contributed by atoms with Gasteiger partial charge >= 0.3 is 0 Å². The quantitative estimate of drug-likeness (QED) is 0.401. The van der Waals surface area contributed by atoms with Crippen LogP contribution in [0.2, 0.25) is 0 Å². The second-order valence-corrected chi connectivity index (χ2v) is 6.82. The molecule has 1 aliphatic rings. The smallest absolute Gasteiger partial charge is 0.193 e. The molecule has 0 amide bonds. The number of hydrogen-bond donors (Lipinski definition) is 1. The second kappa shape index (κ2) is 9.66. The van der Waals surface area contributed by atoms with Crippen LogP contribution in [0.1, 0.15) is 38.7 Å². The molecule has 0 saturated heterocycles. The van der Waals surface area contributed by atoms with E-state index in [2.05, 4.69) is 43.2 Å². The van der Waals surface area contributed by atoms with Gasteiger partial charge in [-0.3, -0.25) is 4.99 Å². The van der Waals surface area contributed by atoms with Gasteiger partial charge in [-0.05, 0) is 56.2 Å². The first-order chi connectivity index (χ1) is 12.1. The molecular formula is C20H33N3O2. The summed E-state index contributed by atoms with van der Waals surface area (Å²) in [5.41, 5.74) is 1.61. The molecule has 140 valence electrons. The van der Waals surface area contributed by atoms with Crippen LogP contribution in [0.4, 0.5) is 0 Å². The Hall–Kier alpha value is -1.75. The van der Waals surface area contributed by atoms with Gasteiger partial charge in [0.25, 0.3) is 0 Å². The maximum Gasteiger partial charge on any atom is 0.193 e. The van der Waals surface area contributed by atoms with Crippen molar-refractivity contribution >= 4 is 5.96 Å². The molecule has 0 atom stereocenters. The maximum absolute atomic E-state index is 5.52. The normalized spacial score (nSPS) is 15.8. The lowest BCUT2D eigenvalue weighted by atomic mass is 10.0. The molecule has 2 rings (SSSR count). The zero-order valence-corrected chi connectivity index (χ0v) is 16.2. The van der Waals surface area contributed by atoms with Crippen molar-refractivity contribution in [3.63, 3.8) is 0 Å². The molecule has 0 aromatic heterocycles. The van der Waals surface area contributed by atoms with Gasteiger partial charge in [0, 0.05) is 39.9 Å². The average Bonchev–Trinajstić information content (AvgIpc) is 3.39. The molecule has 1 aromatic rings. The summed E-state index contributed by atoms with van der Waals surface area (Å²) in [5, 5.41) is 3.41. The minimum atomic E-state index is 0.372. The van der Waals surface area contributed by atoms with Gasteiger partial charge in [0.2, 0.25) is 0 Å². The van der Waals surface area contributed by atoms with E-state index in [1.807, 2.05) is 12.1 Å². The van der Waals surface area contributed by atoms with E-state index in [-0.39, 0.29) is 0 Å². The van der Waals surface area contributed by atoms with Crippen molar-refractivity contribution in [2.24, 2.45) is 10.4 Å². The predicted molar refractivity (Wildman–Crippen MR) is 103 cm³/mol. The molecule has 1 fully saturated rings. The van der Waals surface area contributed by atoms with Gasteiger partial charge in [0.1, 0.15) is 5.75 Å². The standard InChI is InChI=1S/C20H33N3O2/c1-5-21-19(22-16-20(11-12-20)13-14-25-6-2)23(3)15-17-7-9-18(24-4)10-8-17/h7-10H,5-6,11-16H2,1-4H3,(H,21,22). The van der Waals surface area contributed by atoms with E-state index < -0.39 is 0 Å². The number of ether oxygens (including phenoxy) is 2. The van der Waals surface area contributed by atoms with Gasteiger partial charge < -0.3 is 19.7 Å². The van der Waals surface area contributed by atoms with Crippen LogP contribution >= 0.6 is 0 Å². The zero-order chi connectivity index (χ0) is 18.1. The fourth-order valence-corrected chi connectivity index (χ4v) is 2.89. The molecule has 25 heavy (non-hydrogen) atoms. The molecule has 1 saturated carbocycles. The highest BCUT2D eigenvalue weighted by Gasteiger charge is 2.42. The Kier molecular flexibility index (Phi) is 7.56. The molecule has 0 spiro atoms.